The summed E-state index contributed by atoms with van der Waals surface area (Å²) in [5.41, 5.74) is 2.21. The molecule has 7 nitrogen and oxygen atoms in total. The fourth-order valence-electron chi connectivity index (χ4n) is 2.58. The normalized spacial score (nSPS) is 10.6. The number of thioether (sulfide) groups is 1. The van der Waals surface area contributed by atoms with Crippen LogP contribution in [0.4, 0.5) is 0 Å². The van der Waals surface area contributed by atoms with Crippen molar-refractivity contribution in [3.8, 4) is 11.4 Å². The molecule has 0 bridgehead atoms. The largest absolute Gasteiger partial charge is 0.462 e. The van der Waals surface area contributed by atoms with Crippen molar-refractivity contribution in [1.29, 1.82) is 0 Å². The Morgan fingerprint density at radius 1 is 1.14 bits per heavy atom. The van der Waals surface area contributed by atoms with E-state index in [-0.39, 0.29) is 11.8 Å². The third kappa shape index (κ3) is 4.83. The van der Waals surface area contributed by atoms with E-state index in [0.29, 0.717) is 35.3 Å². The second-order valence-electron chi connectivity index (χ2n) is 6.03. The first-order valence-corrected chi connectivity index (χ1v) is 9.77. The summed E-state index contributed by atoms with van der Waals surface area (Å²) in [6.07, 6.45) is 3.72. The Morgan fingerprint density at radius 2 is 1.93 bits per heavy atom. The zero-order chi connectivity index (χ0) is 19.9. The van der Waals surface area contributed by atoms with Crippen molar-refractivity contribution < 1.29 is 14.3 Å². The number of esters is 1. The van der Waals surface area contributed by atoms with Crippen molar-refractivity contribution in [1.82, 2.24) is 19.7 Å². The average Bonchev–Trinajstić information content (AvgIpc) is 3.08. The highest BCUT2D eigenvalue weighted by Crippen LogP contribution is 2.22. The maximum absolute atomic E-state index is 12.3. The minimum atomic E-state index is -0.359. The number of Topliss-reactive ketones (excluding diaryl/α,β-unsaturated/α-hetero) is 1. The molecule has 28 heavy (non-hydrogen) atoms. The number of benzene rings is 1. The number of nitrogens with zero attached hydrogens (tertiary/aromatic N) is 4. The van der Waals surface area contributed by atoms with E-state index in [1.54, 1.807) is 43.6 Å². The van der Waals surface area contributed by atoms with Crippen LogP contribution in [0.1, 0.15) is 22.8 Å². The number of pyridine rings is 1. The van der Waals surface area contributed by atoms with Crippen LogP contribution in [0, 0.1) is 0 Å². The summed E-state index contributed by atoms with van der Waals surface area (Å²) in [4.78, 5) is 28.1. The predicted octanol–water partition coefficient (Wildman–Crippen LogP) is 2.96. The van der Waals surface area contributed by atoms with E-state index in [4.69, 9.17) is 4.74 Å². The van der Waals surface area contributed by atoms with Gasteiger partial charge >= 0.3 is 5.97 Å². The van der Waals surface area contributed by atoms with Gasteiger partial charge in [0.1, 0.15) is 5.78 Å². The van der Waals surface area contributed by atoms with E-state index < -0.39 is 0 Å². The highest BCUT2D eigenvalue weighted by atomic mass is 32.2. The molecule has 3 aromatic rings. The quantitative estimate of drug-likeness (QED) is 0.427. The zero-order valence-corrected chi connectivity index (χ0v) is 16.5. The van der Waals surface area contributed by atoms with Crippen molar-refractivity contribution in [2.75, 3.05) is 12.4 Å². The fourth-order valence-corrected chi connectivity index (χ4v) is 3.35. The van der Waals surface area contributed by atoms with Crippen molar-refractivity contribution in [2.24, 2.45) is 7.05 Å². The summed E-state index contributed by atoms with van der Waals surface area (Å²) < 4.78 is 6.80. The number of hydrogen-bond donors (Lipinski definition) is 0. The summed E-state index contributed by atoms with van der Waals surface area (Å²) in [5, 5.41) is 9.02. The Kier molecular flexibility index (Phi) is 6.54. The minimum absolute atomic E-state index is 0.0693. The van der Waals surface area contributed by atoms with Crippen molar-refractivity contribution in [2.45, 2.75) is 18.5 Å². The highest BCUT2D eigenvalue weighted by Gasteiger charge is 2.13. The van der Waals surface area contributed by atoms with Gasteiger partial charge in [-0.2, -0.15) is 0 Å². The van der Waals surface area contributed by atoms with Gasteiger partial charge in [0.2, 0.25) is 0 Å². The first-order valence-electron chi connectivity index (χ1n) is 8.79. The molecule has 3 rings (SSSR count). The van der Waals surface area contributed by atoms with Crippen LogP contribution in [0.3, 0.4) is 0 Å². The van der Waals surface area contributed by atoms with E-state index in [2.05, 4.69) is 15.2 Å². The molecule has 0 saturated carbocycles. The van der Waals surface area contributed by atoms with Crippen LogP contribution in [0.5, 0.6) is 0 Å². The SMILES string of the molecule is CCOC(=O)c1ccc(CC(=O)CSc2nnc(-c3cccnc3)n2C)cc1. The number of ketones is 1. The Bertz CT molecular complexity index is 955. The number of rotatable bonds is 8. The molecule has 144 valence electrons. The van der Waals surface area contributed by atoms with Crippen molar-refractivity contribution in [3.63, 3.8) is 0 Å². The lowest BCUT2D eigenvalue weighted by atomic mass is 10.1. The molecule has 0 aliphatic heterocycles. The molecule has 2 aromatic heterocycles. The fraction of sp³-hybridized carbons (Fsp3) is 0.250. The van der Waals surface area contributed by atoms with Gasteiger partial charge in [0.25, 0.3) is 0 Å². The van der Waals surface area contributed by atoms with Crippen LogP contribution in [-0.4, -0.2) is 43.9 Å². The molecule has 0 aliphatic carbocycles. The molecule has 0 amide bonds. The molecule has 0 saturated heterocycles. The average molecular weight is 396 g/mol. The summed E-state index contributed by atoms with van der Waals surface area (Å²) in [6.45, 7) is 2.10. The monoisotopic (exact) mass is 396 g/mol. The lowest BCUT2D eigenvalue weighted by molar-refractivity contribution is -0.116. The Hall–Kier alpha value is -3.00. The van der Waals surface area contributed by atoms with Crippen LogP contribution < -0.4 is 0 Å². The topological polar surface area (TPSA) is 87.0 Å². The van der Waals surface area contributed by atoms with E-state index in [1.807, 2.05) is 23.7 Å². The van der Waals surface area contributed by atoms with Crippen LogP contribution in [-0.2, 0) is 23.0 Å². The first kappa shape index (κ1) is 19.8. The standard InChI is InChI=1S/C20H20N4O3S/c1-3-27-19(26)15-8-6-14(7-9-15)11-17(25)13-28-20-23-22-18(24(20)2)16-5-4-10-21-12-16/h4-10,12H,3,11,13H2,1-2H3. The summed E-state index contributed by atoms with van der Waals surface area (Å²) in [6, 6.07) is 10.7. The maximum Gasteiger partial charge on any atom is 0.338 e. The van der Waals surface area contributed by atoms with E-state index in [0.717, 1.165) is 11.1 Å². The third-order valence-corrected chi connectivity index (χ3v) is 5.06. The summed E-state index contributed by atoms with van der Waals surface area (Å²) >= 11 is 1.35. The molecule has 8 heteroatoms. The smallest absolute Gasteiger partial charge is 0.338 e. The Labute approximate surface area is 167 Å². The number of hydrogen-bond acceptors (Lipinski definition) is 7. The Balaban J connectivity index is 1.56. The van der Waals surface area contributed by atoms with Gasteiger partial charge in [0.05, 0.1) is 17.9 Å². The van der Waals surface area contributed by atoms with Crippen LogP contribution in [0.15, 0.2) is 53.9 Å². The number of carbonyl (C=O) groups is 2. The third-order valence-electron chi connectivity index (χ3n) is 3.98. The highest BCUT2D eigenvalue weighted by molar-refractivity contribution is 7.99. The van der Waals surface area contributed by atoms with Gasteiger partial charge in [-0.25, -0.2) is 4.79 Å². The molecule has 2 heterocycles. The van der Waals surface area contributed by atoms with E-state index in [1.165, 1.54) is 11.8 Å². The van der Waals surface area contributed by atoms with Gasteiger partial charge < -0.3 is 9.30 Å². The molecule has 0 N–H and O–H groups in total. The van der Waals surface area contributed by atoms with E-state index in [9.17, 15) is 9.59 Å². The number of ether oxygens (including phenoxy) is 1. The molecular formula is C20H20N4O3S. The Morgan fingerprint density at radius 3 is 2.61 bits per heavy atom. The lowest BCUT2D eigenvalue weighted by Gasteiger charge is -2.05. The molecule has 1 aromatic carbocycles. The van der Waals surface area contributed by atoms with Gasteiger partial charge in [-0.3, -0.25) is 9.78 Å². The second kappa shape index (κ2) is 9.27. The number of aromatic nitrogens is 4. The summed E-state index contributed by atoms with van der Waals surface area (Å²) in [5.74, 6) is 0.707. The van der Waals surface area contributed by atoms with Gasteiger partial charge in [-0.15, -0.1) is 10.2 Å². The van der Waals surface area contributed by atoms with Gasteiger partial charge in [0, 0.05) is 31.4 Å². The molecule has 0 fully saturated rings. The second-order valence-corrected chi connectivity index (χ2v) is 6.97. The summed E-state index contributed by atoms with van der Waals surface area (Å²) in [7, 11) is 1.86. The molecule has 0 unspecified atom stereocenters. The van der Waals surface area contributed by atoms with Crippen LogP contribution in [0.2, 0.25) is 0 Å². The molecule has 0 atom stereocenters. The number of carbonyl (C=O) groups excluding carboxylic acids is 2. The van der Waals surface area contributed by atoms with Gasteiger partial charge in [-0.1, -0.05) is 23.9 Å². The molecule has 0 spiro atoms. The maximum atomic E-state index is 12.3. The first-order chi connectivity index (χ1) is 13.6. The predicted molar refractivity (Wildman–Crippen MR) is 106 cm³/mol. The zero-order valence-electron chi connectivity index (χ0n) is 15.7. The van der Waals surface area contributed by atoms with E-state index >= 15 is 0 Å². The minimum Gasteiger partial charge on any atom is -0.462 e. The molecule has 0 aliphatic rings. The lowest BCUT2D eigenvalue weighted by Crippen LogP contribution is -2.08. The molecular weight excluding hydrogens is 376 g/mol. The van der Waals surface area contributed by atoms with Crippen molar-refractivity contribution >= 4 is 23.5 Å². The van der Waals surface area contributed by atoms with Gasteiger partial charge in [0.15, 0.2) is 11.0 Å². The van der Waals surface area contributed by atoms with Crippen LogP contribution in [0.25, 0.3) is 11.4 Å². The molecule has 0 radical (unpaired) electrons. The van der Waals surface area contributed by atoms with Gasteiger partial charge in [-0.05, 0) is 36.8 Å². The van der Waals surface area contributed by atoms with Crippen LogP contribution >= 0.6 is 11.8 Å². The van der Waals surface area contributed by atoms with Crippen molar-refractivity contribution in [3.05, 3.63) is 59.9 Å².